The number of nitrogens with zero attached hydrogens (tertiary/aromatic N) is 3. The maximum Gasteiger partial charge on any atom is 0.0747 e. The molecule has 0 spiro atoms. The standard InChI is InChI=1S/C12H8N3/c1-2-4-12-10(3-1)9-14-15(12)11-5-7-13-8-6-11/h1,3-9H. The molecule has 2 aromatic heterocycles. The Morgan fingerprint density at radius 2 is 2.00 bits per heavy atom. The number of pyridine rings is 1. The average Bonchev–Trinajstić information content (AvgIpc) is 2.74. The number of hydrogen-bond donors (Lipinski definition) is 0. The second-order valence-electron chi connectivity index (χ2n) is 3.25. The van der Waals surface area contributed by atoms with Crippen molar-refractivity contribution in [2.45, 2.75) is 0 Å². The number of hydrogen-bond acceptors (Lipinski definition) is 2. The molecule has 3 nitrogen and oxygen atoms in total. The summed E-state index contributed by atoms with van der Waals surface area (Å²) in [5, 5.41) is 5.45. The second-order valence-corrected chi connectivity index (χ2v) is 3.25. The molecule has 0 fully saturated rings. The lowest BCUT2D eigenvalue weighted by atomic mass is 10.2. The van der Waals surface area contributed by atoms with Gasteiger partial charge >= 0.3 is 0 Å². The second kappa shape index (κ2) is 3.20. The van der Waals surface area contributed by atoms with E-state index in [0.29, 0.717) is 0 Å². The van der Waals surface area contributed by atoms with Crippen molar-refractivity contribution in [3.05, 3.63) is 55.0 Å². The van der Waals surface area contributed by atoms with Gasteiger partial charge in [0.1, 0.15) is 0 Å². The van der Waals surface area contributed by atoms with Gasteiger partial charge in [-0.25, -0.2) is 4.68 Å². The molecule has 0 bridgehead atoms. The molecule has 0 atom stereocenters. The molecule has 0 saturated heterocycles. The van der Waals surface area contributed by atoms with Gasteiger partial charge < -0.3 is 0 Å². The zero-order chi connectivity index (χ0) is 10.1. The first-order valence-corrected chi connectivity index (χ1v) is 4.69. The minimum atomic E-state index is 1.01. The highest BCUT2D eigenvalue weighted by molar-refractivity contribution is 5.79. The summed E-state index contributed by atoms with van der Waals surface area (Å²) in [5.41, 5.74) is 2.07. The predicted molar refractivity (Wildman–Crippen MR) is 57.7 cm³/mol. The van der Waals surface area contributed by atoms with Crippen LogP contribution in [0, 0.1) is 6.07 Å². The van der Waals surface area contributed by atoms with Crippen LogP contribution in [-0.4, -0.2) is 14.8 Å². The summed E-state index contributed by atoms with van der Waals surface area (Å²) in [7, 11) is 0. The topological polar surface area (TPSA) is 30.7 Å². The maximum atomic E-state index is 4.33. The molecule has 0 N–H and O–H groups in total. The van der Waals surface area contributed by atoms with Gasteiger partial charge in [-0.3, -0.25) is 4.98 Å². The van der Waals surface area contributed by atoms with Crippen molar-refractivity contribution in [2.75, 3.05) is 0 Å². The van der Waals surface area contributed by atoms with Crippen LogP contribution in [0.1, 0.15) is 0 Å². The molecule has 3 aromatic rings. The molecule has 0 saturated carbocycles. The SMILES string of the molecule is [c]1ccc2cnn(-c3ccncc3)c2c1. The van der Waals surface area contributed by atoms with E-state index in [0.717, 1.165) is 16.6 Å². The minimum Gasteiger partial charge on any atom is -0.265 e. The van der Waals surface area contributed by atoms with E-state index in [9.17, 15) is 0 Å². The lowest BCUT2D eigenvalue weighted by Crippen LogP contribution is -1.95. The fourth-order valence-corrected chi connectivity index (χ4v) is 1.60. The van der Waals surface area contributed by atoms with Gasteiger partial charge in [0, 0.05) is 17.8 Å². The van der Waals surface area contributed by atoms with Crippen molar-refractivity contribution < 1.29 is 0 Å². The van der Waals surface area contributed by atoms with Crippen LogP contribution in [0.4, 0.5) is 0 Å². The Balaban J connectivity index is 2.28. The smallest absolute Gasteiger partial charge is 0.0747 e. The van der Waals surface area contributed by atoms with E-state index in [1.165, 1.54) is 0 Å². The van der Waals surface area contributed by atoms with Gasteiger partial charge in [0.25, 0.3) is 0 Å². The van der Waals surface area contributed by atoms with Gasteiger partial charge in [-0.1, -0.05) is 12.1 Å². The molecule has 0 aliphatic heterocycles. The Hall–Kier alpha value is -2.16. The monoisotopic (exact) mass is 194 g/mol. The van der Waals surface area contributed by atoms with E-state index >= 15 is 0 Å². The highest BCUT2D eigenvalue weighted by Crippen LogP contribution is 2.16. The fourth-order valence-electron chi connectivity index (χ4n) is 1.60. The van der Waals surface area contributed by atoms with Gasteiger partial charge in [-0.15, -0.1) is 0 Å². The number of fused-ring (bicyclic) bond motifs is 1. The average molecular weight is 194 g/mol. The van der Waals surface area contributed by atoms with Crippen LogP contribution in [-0.2, 0) is 0 Å². The van der Waals surface area contributed by atoms with E-state index in [-0.39, 0.29) is 0 Å². The highest BCUT2D eigenvalue weighted by Gasteiger charge is 2.02. The van der Waals surface area contributed by atoms with Crippen molar-refractivity contribution in [2.24, 2.45) is 0 Å². The van der Waals surface area contributed by atoms with Gasteiger partial charge in [0.2, 0.25) is 0 Å². The van der Waals surface area contributed by atoms with Crippen LogP contribution in [0.15, 0.2) is 48.9 Å². The summed E-state index contributed by atoms with van der Waals surface area (Å²) < 4.78 is 1.88. The third-order valence-electron chi connectivity index (χ3n) is 2.32. The molecule has 1 radical (unpaired) electrons. The van der Waals surface area contributed by atoms with Crippen LogP contribution in [0.3, 0.4) is 0 Å². The van der Waals surface area contributed by atoms with Crippen molar-refractivity contribution >= 4 is 10.9 Å². The summed E-state index contributed by atoms with van der Waals surface area (Å²) in [5.74, 6) is 0. The van der Waals surface area contributed by atoms with Gasteiger partial charge in [0.15, 0.2) is 0 Å². The summed E-state index contributed by atoms with van der Waals surface area (Å²) in [4.78, 5) is 3.99. The Bertz CT molecular complexity index is 584. The first-order valence-electron chi connectivity index (χ1n) is 4.69. The molecule has 3 rings (SSSR count). The highest BCUT2D eigenvalue weighted by atomic mass is 15.3. The molecular formula is C12H8N3. The molecule has 71 valence electrons. The lowest BCUT2D eigenvalue weighted by molar-refractivity contribution is 0.907. The van der Waals surface area contributed by atoms with Gasteiger partial charge in [-0.05, 0) is 24.3 Å². The van der Waals surface area contributed by atoms with E-state index < -0.39 is 0 Å². The van der Waals surface area contributed by atoms with Crippen LogP contribution >= 0.6 is 0 Å². The summed E-state index contributed by atoms with van der Waals surface area (Å²) >= 11 is 0. The molecule has 0 aliphatic rings. The zero-order valence-corrected chi connectivity index (χ0v) is 7.96. The predicted octanol–water partition coefficient (Wildman–Crippen LogP) is 2.22. The summed E-state index contributed by atoms with van der Waals surface area (Å²) in [6.07, 6.45) is 5.37. The summed E-state index contributed by atoms with van der Waals surface area (Å²) in [6.45, 7) is 0. The van der Waals surface area contributed by atoms with E-state index in [1.807, 2.05) is 41.2 Å². The van der Waals surface area contributed by atoms with Crippen molar-refractivity contribution in [3.63, 3.8) is 0 Å². The molecule has 3 heteroatoms. The lowest BCUT2D eigenvalue weighted by Gasteiger charge is -2.01. The van der Waals surface area contributed by atoms with Gasteiger partial charge in [0.05, 0.1) is 17.4 Å². The van der Waals surface area contributed by atoms with Crippen molar-refractivity contribution in [3.8, 4) is 5.69 Å². The molecule has 15 heavy (non-hydrogen) atoms. The molecule has 0 unspecified atom stereocenters. The Morgan fingerprint density at radius 1 is 1.13 bits per heavy atom. The molecule has 0 aliphatic carbocycles. The number of aromatic nitrogens is 3. The molecule has 2 heterocycles. The Labute approximate surface area is 87.0 Å². The van der Waals surface area contributed by atoms with Crippen molar-refractivity contribution in [1.82, 2.24) is 14.8 Å². The molecule has 0 amide bonds. The maximum absolute atomic E-state index is 4.33. The van der Waals surface area contributed by atoms with E-state index in [2.05, 4.69) is 16.1 Å². The number of rotatable bonds is 1. The van der Waals surface area contributed by atoms with Crippen molar-refractivity contribution in [1.29, 1.82) is 0 Å². The zero-order valence-electron chi connectivity index (χ0n) is 7.96. The number of benzene rings is 1. The first kappa shape index (κ1) is 8.17. The Morgan fingerprint density at radius 3 is 2.87 bits per heavy atom. The minimum absolute atomic E-state index is 1.01. The third kappa shape index (κ3) is 1.29. The molecule has 1 aromatic carbocycles. The first-order chi connectivity index (χ1) is 7.45. The van der Waals surface area contributed by atoms with Crippen LogP contribution in [0.5, 0.6) is 0 Å². The Kier molecular flexibility index (Phi) is 1.75. The largest absolute Gasteiger partial charge is 0.265 e. The van der Waals surface area contributed by atoms with Gasteiger partial charge in [-0.2, -0.15) is 5.10 Å². The fraction of sp³-hybridized carbons (Fsp3) is 0. The van der Waals surface area contributed by atoms with Crippen LogP contribution in [0.25, 0.3) is 16.6 Å². The summed E-state index contributed by atoms with van der Waals surface area (Å²) in [6, 6.07) is 12.7. The quantitative estimate of drug-likeness (QED) is 0.594. The molecular weight excluding hydrogens is 186 g/mol. The van der Waals surface area contributed by atoms with Crippen LogP contribution < -0.4 is 0 Å². The normalized spacial score (nSPS) is 10.7. The third-order valence-corrected chi connectivity index (χ3v) is 2.32. The van der Waals surface area contributed by atoms with Crippen LogP contribution in [0.2, 0.25) is 0 Å². The van der Waals surface area contributed by atoms with E-state index in [1.54, 1.807) is 12.4 Å². The van der Waals surface area contributed by atoms with E-state index in [4.69, 9.17) is 0 Å².